The van der Waals surface area contributed by atoms with Gasteiger partial charge in [-0.05, 0) is 43.2 Å². The lowest BCUT2D eigenvalue weighted by Gasteiger charge is -2.34. The van der Waals surface area contributed by atoms with E-state index in [9.17, 15) is 19.5 Å². The highest BCUT2D eigenvalue weighted by Crippen LogP contribution is 2.53. The smallest absolute Gasteiger partial charge is 0.296 e. The van der Waals surface area contributed by atoms with E-state index in [0.717, 1.165) is 0 Å². The number of likely N-dealkylation sites (tertiary alicyclic amines) is 1. The molecule has 0 saturated carbocycles. The molecule has 1 N–H and O–H groups in total. The molecule has 2 aliphatic heterocycles. The first-order valence-corrected chi connectivity index (χ1v) is 12.0. The van der Waals surface area contributed by atoms with Gasteiger partial charge in [-0.15, -0.1) is 6.58 Å². The highest BCUT2D eigenvalue weighted by molar-refractivity contribution is 6.50. The van der Waals surface area contributed by atoms with Crippen LogP contribution < -0.4 is 9.64 Å². The molecule has 2 heterocycles. The summed E-state index contributed by atoms with van der Waals surface area (Å²) in [6, 6.07) is 11.9. The largest absolute Gasteiger partial charge is 0.507 e. The molecule has 0 bridgehead atoms. The molecule has 1 spiro atoms. The number of hydrogen-bond acceptors (Lipinski definition) is 6. The summed E-state index contributed by atoms with van der Waals surface area (Å²) in [7, 11) is 1.54. The number of hydrogen-bond donors (Lipinski definition) is 1. The van der Waals surface area contributed by atoms with Crippen LogP contribution in [0.5, 0.6) is 5.75 Å². The standard InChI is InChI=1S/C29H30N2O6/c1-5-14-30-22-11-8-7-10-21(22)29(28(30)35)24(26(33)27(34)31(29)15-9-17-36-4)25(32)20-12-13-23(19(3)18-20)37-16-6-2/h5-8,10-13,18,32H,1-2,9,14-17H2,3-4H3/t29-/m1/s1. The van der Waals surface area contributed by atoms with Gasteiger partial charge in [0.15, 0.2) is 5.54 Å². The Morgan fingerprint density at radius 1 is 1.11 bits per heavy atom. The maximum absolute atomic E-state index is 14.2. The van der Waals surface area contributed by atoms with Gasteiger partial charge in [-0.2, -0.15) is 0 Å². The Balaban J connectivity index is 1.97. The second kappa shape index (κ2) is 10.4. The lowest BCUT2D eigenvalue weighted by molar-refractivity contribution is -0.143. The number of benzene rings is 2. The third kappa shape index (κ3) is 4.03. The zero-order valence-electron chi connectivity index (χ0n) is 21.0. The normalized spacial score (nSPS) is 20.0. The van der Waals surface area contributed by atoms with Gasteiger partial charge < -0.3 is 24.4 Å². The molecule has 2 aromatic rings. The van der Waals surface area contributed by atoms with Crippen LogP contribution in [0.2, 0.25) is 0 Å². The first-order chi connectivity index (χ1) is 17.8. The molecule has 192 valence electrons. The van der Waals surface area contributed by atoms with Gasteiger partial charge in [0, 0.05) is 37.9 Å². The Morgan fingerprint density at radius 2 is 1.86 bits per heavy atom. The summed E-state index contributed by atoms with van der Waals surface area (Å²) in [5.41, 5.74) is -0.0368. The van der Waals surface area contributed by atoms with Crippen LogP contribution in [0.25, 0.3) is 5.76 Å². The average Bonchev–Trinajstić information content (AvgIpc) is 3.27. The zero-order chi connectivity index (χ0) is 26.7. The highest BCUT2D eigenvalue weighted by atomic mass is 16.5. The molecule has 1 fully saturated rings. The summed E-state index contributed by atoms with van der Waals surface area (Å²) >= 11 is 0. The predicted octanol–water partition coefficient (Wildman–Crippen LogP) is 3.70. The van der Waals surface area contributed by atoms with E-state index in [1.54, 1.807) is 61.5 Å². The van der Waals surface area contributed by atoms with Crippen LogP contribution in [-0.4, -0.2) is 61.0 Å². The molecule has 2 aliphatic rings. The van der Waals surface area contributed by atoms with Crippen molar-refractivity contribution >= 4 is 29.0 Å². The van der Waals surface area contributed by atoms with Gasteiger partial charge in [0.1, 0.15) is 18.1 Å². The number of para-hydroxylation sites is 1. The summed E-state index contributed by atoms with van der Waals surface area (Å²) < 4.78 is 10.8. The Labute approximate surface area is 216 Å². The fourth-order valence-electron chi connectivity index (χ4n) is 5.10. The van der Waals surface area contributed by atoms with Crippen LogP contribution in [0.3, 0.4) is 0 Å². The molecule has 0 radical (unpaired) electrons. The third-order valence-electron chi connectivity index (χ3n) is 6.66. The van der Waals surface area contributed by atoms with Gasteiger partial charge in [0.25, 0.3) is 17.6 Å². The fraction of sp³-hybridized carbons (Fsp3) is 0.276. The molecule has 1 atom stereocenters. The second-order valence-corrected chi connectivity index (χ2v) is 8.87. The fourth-order valence-corrected chi connectivity index (χ4v) is 5.10. The van der Waals surface area contributed by atoms with Crippen LogP contribution in [0.15, 0.2) is 73.3 Å². The maximum Gasteiger partial charge on any atom is 0.296 e. The van der Waals surface area contributed by atoms with Crippen molar-refractivity contribution in [3.8, 4) is 5.75 Å². The first-order valence-electron chi connectivity index (χ1n) is 12.0. The zero-order valence-corrected chi connectivity index (χ0v) is 21.0. The second-order valence-electron chi connectivity index (χ2n) is 8.87. The number of aryl methyl sites for hydroxylation is 1. The van der Waals surface area contributed by atoms with Gasteiger partial charge in [-0.3, -0.25) is 14.4 Å². The molecule has 2 aromatic carbocycles. The van der Waals surface area contributed by atoms with Gasteiger partial charge in [-0.1, -0.05) is 36.9 Å². The molecule has 0 aromatic heterocycles. The average molecular weight is 503 g/mol. The van der Waals surface area contributed by atoms with Crippen molar-refractivity contribution in [2.45, 2.75) is 18.9 Å². The van der Waals surface area contributed by atoms with Gasteiger partial charge in [-0.25, -0.2) is 0 Å². The minimum Gasteiger partial charge on any atom is -0.507 e. The molecule has 8 nitrogen and oxygen atoms in total. The van der Waals surface area contributed by atoms with Gasteiger partial charge >= 0.3 is 0 Å². The molecule has 0 unspecified atom stereocenters. The minimum absolute atomic E-state index is 0.0879. The molecular weight excluding hydrogens is 472 g/mol. The predicted molar refractivity (Wildman–Crippen MR) is 140 cm³/mol. The topological polar surface area (TPSA) is 96.4 Å². The van der Waals surface area contributed by atoms with Crippen LogP contribution in [-0.2, 0) is 24.7 Å². The van der Waals surface area contributed by atoms with Gasteiger partial charge in [0.2, 0.25) is 0 Å². The lowest BCUT2D eigenvalue weighted by atomic mass is 9.81. The van der Waals surface area contributed by atoms with Crippen LogP contribution in [0, 0.1) is 6.92 Å². The van der Waals surface area contributed by atoms with Crippen molar-refractivity contribution < 1.29 is 29.0 Å². The molecule has 4 rings (SSSR count). The van der Waals surface area contributed by atoms with Crippen molar-refractivity contribution in [2.75, 3.05) is 38.3 Å². The lowest BCUT2D eigenvalue weighted by Crippen LogP contribution is -2.52. The minimum atomic E-state index is -1.81. The number of carbonyl (C=O) groups excluding carboxylic acids is 3. The van der Waals surface area contributed by atoms with E-state index >= 15 is 0 Å². The number of rotatable bonds is 10. The summed E-state index contributed by atoms with van der Waals surface area (Å²) in [6.07, 6.45) is 3.60. The van der Waals surface area contributed by atoms with Crippen LogP contribution >= 0.6 is 0 Å². The number of fused-ring (bicyclic) bond motifs is 2. The number of aliphatic hydroxyl groups is 1. The summed E-state index contributed by atoms with van der Waals surface area (Å²) in [5.74, 6) is -2.08. The SMILES string of the molecule is C=CCOc1ccc(C(O)=C2C(=O)C(=O)N(CCCOC)[C@@]23C(=O)N(CC=C)c2ccccc23)cc1C. The number of carbonyl (C=O) groups is 3. The molecule has 37 heavy (non-hydrogen) atoms. The van der Waals surface area contributed by atoms with E-state index in [0.29, 0.717) is 47.8 Å². The van der Waals surface area contributed by atoms with Gasteiger partial charge in [0.05, 0.1) is 11.3 Å². The van der Waals surface area contributed by atoms with E-state index in [-0.39, 0.29) is 18.7 Å². The van der Waals surface area contributed by atoms with E-state index in [1.165, 1.54) is 16.9 Å². The molecule has 1 saturated heterocycles. The van der Waals surface area contributed by atoms with E-state index in [1.807, 2.05) is 0 Å². The summed E-state index contributed by atoms with van der Waals surface area (Å²) in [4.78, 5) is 44.0. The van der Waals surface area contributed by atoms with Crippen molar-refractivity contribution in [1.82, 2.24) is 4.90 Å². The van der Waals surface area contributed by atoms with Crippen LogP contribution in [0.4, 0.5) is 5.69 Å². The van der Waals surface area contributed by atoms with E-state index in [2.05, 4.69) is 13.2 Å². The third-order valence-corrected chi connectivity index (χ3v) is 6.66. The first kappa shape index (κ1) is 25.9. The highest BCUT2D eigenvalue weighted by Gasteiger charge is 2.66. The molecule has 8 heteroatoms. The molecular formula is C29H30N2O6. The number of ether oxygens (including phenoxy) is 2. The quantitative estimate of drug-likeness (QED) is 0.175. The summed E-state index contributed by atoms with van der Waals surface area (Å²) in [5, 5.41) is 11.6. The van der Waals surface area contributed by atoms with Crippen molar-refractivity contribution in [1.29, 1.82) is 0 Å². The number of methoxy groups -OCH3 is 1. The number of Topliss-reactive ketones (excluding diaryl/α,β-unsaturated/α-hetero) is 1. The Morgan fingerprint density at radius 3 is 2.54 bits per heavy atom. The summed E-state index contributed by atoms with van der Waals surface area (Å²) in [6.45, 7) is 10.1. The number of nitrogens with zero attached hydrogens (tertiary/aromatic N) is 2. The number of amides is 2. The maximum atomic E-state index is 14.2. The Kier molecular flexibility index (Phi) is 7.31. The molecule has 0 aliphatic carbocycles. The number of aliphatic hydroxyl groups excluding tert-OH is 1. The van der Waals surface area contributed by atoms with Crippen molar-refractivity contribution in [3.63, 3.8) is 0 Å². The van der Waals surface area contributed by atoms with E-state index in [4.69, 9.17) is 9.47 Å². The number of anilines is 1. The Bertz CT molecular complexity index is 1310. The van der Waals surface area contributed by atoms with Crippen LogP contribution in [0.1, 0.15) is 23.1 Å². The molecule has 2 amide bonds. The monoisotopic (exact) mass is 502 g/mol. The number of ketones is 1. The van der Waals surface area contributed by atoms with E-state index < -0.39 is 28.9 Å². The Hall–Kier alpha value is -4.17. The van der Waals surface area contributed by atoms with Crippen molar-refractivity contribution in [2.24, 2.45) is 0 Å². The van der Waals surface area contributed by atoms with Crippen molar-refractivity contribution in [3.05, 3.63) is 90.0 Å².